The molecule has 0 heterocycles. The third-order valence-corrected chi connectivity index (χ3v) is 1.81. The number of hydrogen-bond donors (Lipinski definition) is 2. The fourth-order valence-corrected chi connectivity index (χ4v) is 1.12. The molecule has 0 rings (SSSR count). The van der Waals surface area contributed by atoms with Crippen LogP contribution in [0.2, 0.25) is 0 Å². The molecule has 0 spiro atoms. The van der Waals surface area contributed by atoms with E-state index in [0.717, 1.165) is 19.3 Å². The van der Waals surface area contributed by atoms with Crippen molar-refractivity contribution in [2.45, 2.75) is 79.6 Å². The minimum Gasteiger partial charge on any atom is -0.464 e. The second-order valence-corrected chi connectivity index (χ2v) is 4.43. The molecule has 0 fully saturated rings. The second kappa shape index (κ2) is 16.4. The molecule has 0 bridgehead atoms. The van der Waals surface area contributed by atoms with E-state index in [9.17, 15) is 4.79 Å². The van der Waals surface area contributed by atoms with Gasteiger partial charge >= 0.3 is 5.97 Å². The van der Waals surface area contributed by atoms with Gasteiger partial charge in [0, 0.05) is 0 Å². The first-order valence-electron chi connectivity index (χ1n) is 7.46. The molecule has 0 aliphatic rings. The van der Waals surface area contributed by atoms with E-state index in [1.165, 1.54) is 13.8 Å². The molecule has 1 unspecified atom stereocenters. The fraction of sp³-hybridized carbons (Fsp3) is 0.933. The van der Waals surface area contributed by atoms with Crippen molar-refractivity contribution < 1.29 is 24.5 Å². The molecule has 0 aromatic rings. The lowest BCUT2D eigenvalue weighted by Gasteiger charge is -2.13. The van der Waals surface area contributed by atoms with E-state index in [-0.39, 0.29) is 18.7 Å². The van der Waals surface area contributed by atoms with Crippen LogP contribution in [0.25, 0.3) is 0 Å². The lowest BCUT2D eigenvalue weighted by molar-refractivity contribution is -0.150. The number of esters is 1. The molecule has 0 saturated heterocycles. The molecular weight excluding hydrogens is 260 g/mol. The van der Waals surface area contributed by atoms with Gasteiger partial charge in [0.1, 0.15) is 6.61 Å². The molecule has 0 aliphatic carbocycles. The Kier molecular flexibility index (Phi) is 20.0. The molecule has 124 valence electrons. The Hall–Kier alpha value is -0.650. The maximum Gasteiger partial charge on any atom is 0.332 e. The quantitative estimate of drug-likeness (QED) is 0.558. The highest BCUT2D eigenvalue weighted by atomic mass is 16.6. The SMILES string of the molecule is CC.CC(C)(O)O.CCCC(CC)OCC(=O)OCC. The zero-order valence-corrected chi connectivity index (χ0v) is 14.2. The van der Waals surface area contributed by atoms with Crippen LogP contribution in [0.1, 0.15) is 67.7 Å². The van der Waals surface area contributed by atoms with Crippen LogP contribution in [-0.4, -0.2) is 41.3 Å². The van der Waals surface area contributed by atoms with Crippen LogP contribution in [0, 0.1) is 0 Å². The van der Waals surface area contributed by atoms with Crippen molar-refractivity contribution >= 4 is 5.97 Å². The van der Waals surface area contributed by atoms with Crippen LogP contribution in [0.5, 0.6) is 0 Å². The summed E-state index contributed by atoms with van der Waals surface area (Å²) in [5.74, 6) is -1.77. The monoisotopic (exact) mass is 294 g/mol. The van der Waals surface area contributed by atoms with E-state index >= 15 is 0 Å². The summed E-state index contributed by atoms with van der Waals surface area (Å²) in [6.45, 7) is 13.1. The number of carbonyl (C=O) groups is 1. The summed E-state index contributed by atoms with van der Waals surface area (Å²) in [6, 6.07) is 0. The van der Waals surface area contributed by atoms with Gasteiger partial charge in [-0.25, -0.2) is 4.79 Å². The van der Waals surface area contributed by atoms with E-state index in [2.05, 4.69) is 13.8 Å². The predicted molar refractivity (Wildman–Crippen MR) is 81.4 cm³/mol. The van der Waals surface area contributed by atoms with Gasteiger partial charge in [0.05, 0.1) is 12.7 Å². The highest BCUT2D eigenvalue weighted by Gasteiger charge is 2.08. The standard InChI is InChI=1S/C10H20O3.C3H8O2.C2H6/c1-4-7-9(5-2)13-8-10(11)12-6-3;1-3(2,4)5;1-2/h9H,4-8H2,1-3H3;4-5H,1-2H3;1-2H3. The molecule has 0 aliphatic heterocycles. The van der Waals surface area contributed by atoms with E-state index < -0.39 is 5.79 Å². The maximum atomic E-state index is 10.9. The highest BCUT2D eigenvalue weighted by molar-refractivity contribution is 5.70. The lowest BCUT2D eigenvalue weighted by atomic mass is 10.2. The van der Waals surface area contributed by atoms with Gasteiger partial charge in [-0.05, 0) is 33.6 Å². The van der Waals surface area contributed by atoms with Crippen molar-refractivity contribution in [2.75, 3.05) is 13.2 Å². The second-order valence-electron chi connectivity index (χ2n) is 4.43. The molecule has 5 heteroatoms. The third kappa shape index (κ3) is 30.4. The summed E-state index contributed by atoms with van der Waals surface area (Å²) in [5.41, 5.74) is 0. The van der Waals surface area contributed by atoms with Crippen molar-refractivity contribution in [3.05, 3.63) is 0 Å². The molecule has 0 amide bonds. The first kappa shape index (κ1) is 24.4. The van der Waals surface area contributed by atoms with Gasteiger partial charge in [-0.2, -0.15) is 0 Å². The Labute approximate surface area is 124 Å². The van der Waals surface area contributed by atoms with Crippen LogP contribution in [0.4, 0.5) is 0 Å². The van der Waals surface area contributed by atoms with E-state index in [1.807, 2.05) is 13.8 Å². The largest absolute Gasteiger partial charge is 0.464 e. The Morgan fingerprint density at radius 1 is 1.15 bits per heavy atom. The van der Waals surface area contributed by atoms with Crippen LogP contribution < -0.4 is 0 Å². The first-order chi connectivity index (χ1) is 9.24. The first-order valence-corrected chi connectivity index (χ1v) is 7.46. The summed E-state index contributed by atoms with van der Waals surface area (Å²) in [7, 11) is 0. The van der Waals surface area contributed by atoms with E-state index in [1.54, 1.807) is 6.92 Å². The molecule has 0 aromatic heterocycles. The topological polar surface area (TPSA) is 76.0 Å². The maximum absolute atomic E-state index is 10.9. The Morgan fingerprint density at radius 2 is 1.60 bits per heavy atom. The van der Waals surface area contributed by atoms with Gasteiger partial charge < -0.3 is 19.7 Å². The number of ether oxygens (including phenoxy) is 2. The molecule has 0 saturated carbocycles. The van der Waals surface area contributed by atoms with E-state index in [4.69, 9.17) is 19.7 Å². The summed E-state index contributed by atoms with van der Waals surface area (Å²) < 4.78 is 10.1. The Morgan fingerprint density at radius 3 is 1.90 bits per heavy atom. The number of rotatable bonds is 7. The fourth-order valence-electron chi connectivity index (χ4n) is 1.12. The van der Waals surface area contributed by atoms with Crippen LogP contribution in [0.3, 0.4) is 0 Å². The van der Waals surface area contributed by atoms with Gasteiger partial charge in [0.15, 0.2) is 5.79 Å². The summed E-state index contributed by atoms with van der Waals surface area (Å²) in [6.07, 6.45) is 3.25. The molecule has 1 atom stereocenters. The predicted octanol–water partition coefficient (Wildman–Crippen LogP) is 2.88. The summed E-state index contributed by atoms with van der Waals surface area (Å²) >= 11 is 0. The zero-order valence-electron chi connectivity index (χ0n) is 14.2. The number of hydrogen-bond acceptors (Lipinski definition) is 5. The van der Waals surface area contributed by atoms with Crippen LogP contribution in [-0.2, 0) is 14.3 Å². The van der Waals surface area contributed by atoms with Gasteiger partial charge in [-0.1, -0.05) is 34.1 Å². The summed E-state index contributed by atoms with van der Waals surface area (Å²) in [5, 5.41) is 16.2. The van der Waals surface area contributed by atoms with Gasteiger partial charge in [-0.15, -0.1) is 0 Å². The van der Waals surface area contributed by atoms with Crippen molar-refractivity contribution in [1.29, 1.82) is 0 Å². The van der Waals surface area contributed by atoms with E-state index in [0.29, 0.717) is 6.61 Å². The average molecular weight is 294 g/mol. The molecule has 0 radical (unpaired) electrons. The zero-order chi connectivity index (χ0) is 16.6. The van der Waals surface area contributed by atoms with Crippen molar-refractivity contribution in [1.82, 2.24) is 0 Å². The molecule has 2 N–H and O–H groups in total. The van der Waals surface area contributed by atoms with Crippen molar-refractivity contribution in [2.24, 2.45) is 0 Å². The van der Waals surface area contributed by atoms with Crippen LogP contribution in [0.15, 0.2) is 0 Å². The molecule has 5 nitrogen and oxygen atoms in total. The molecule has 0 aromatic carbocycles. The Bertz CT molecular complexity index is 193. The number of carbonyl (C=O) groups excluding carboxylic acids is 1. The smallest absolute Gasteiger partial charge is 0.332 e. The van der Waals surface area contributed by atoms with Gasteiger partial charge in [0.25, 0.3) is 0 Å². The minimum absolute atomic E-state index is 0.0896. The highest BCUT2D eigenvalue weighted by Crippen LogP contribution is 2.05. The molecule has 20 heavy (non-hydrogen) atoms. The Balaban J connectivity index is -0.000000346. The minimum atomic E-state index is -1.50. The third-order valence-electron chi connectivity index (χ3n) is 1.81. The van der Waals surface area contributed by atoms with Gasteiger partial charge in [-0.3, -0.25) is 0 Å². The number of aliphatic hydroxyl groups is 2. The van der Waals surface area contributed by atoms with Crippen molar-refractivity contribution in [3.8, 4) is 0 Å². The lowest BCUT2D eigenvalue weighted by Crippen LogP contribution is -2.19. The van der Waals surface area contributed by atoms with Crippen LogP contribution >= 0.6 is 0 Å². The summed E-state index contributed by atoms with van der Waals surface area (Å²) in [4.78, 5) is 10.9. The van der Waals surface area contributed by atoms with Gasteiger partial charge in [0.2, 0.25) is 0 Å². The molecular formula is C15H34O5. The normalized spacial score (nSPS) is 11.4. The van der Waals surface area contributed by atoms with Crippen molar-refractivity contribution in [3.63, 3.8) is 0 Å². The average Bonchev–Trinajstić information content (AvgIpc) is 2.35.